The third-order valence-corrected chi connectivity index (χ3v) is 4.59. The van der Waals surface area contributed by atoms with Crippen molar-refractivity contribution in [3.8, 4) is 0 Å². The van der Waals surface area contributed by atoms with Gasteiger partial charge in [-0.2, -0.15) is 0 Å². The molecule has 0 aromatic rings. The van der Waals surface area contributed by atoms with Gasteiger partial charge in [-0.1, -0.05) is 19.8 Å². The van der Waals surface area contributed by atoms with Crippen molar-refractivity contribution >= 4 is 0 Å². The Kier molecular flexibility index (Phi) is 3.42. The zero-order valence-electron chi connectivity index (χ0n) is 10.9. The topological polar surface area (TPSA) is 30.5 Å². The van der Waals surface area contributed by atoms with Crippen molar-refractivity contribution in [3.05, 3.63) is 0 Å². The van der Waals surface area contributed by atoms with E-state index < -0.39 is 0 Å². The minimum Gasteiger partial charge on any atom is -0.347 e. The Balaban J connectivity index is 1.60. The van der Waals surface area contributed by atoms with Gasteiger partial charge in [-0.25, -0.2) is 0 Å². The van der Waals surface area contributed by atoms with Crippen molar-refractivity contribution in [1.29, 1.82) is 0 Å². The Labute approximate surface area is 104 Å². The van der Waals surface area contributed by atoms with E-state index in [0.717, 1.165) is 31.9 Å². The first-order chi connectivity index (χ1) is 8.27. The summed E-state index contributed by atoms with van der Waals surface area (Å²) in [6.07, 6.45) is 8.97. The second kappa shape index (κ2) is 4.87. The molecule has 3 nitrogen and oxygen atoms in total. The van der Waals surface area contributed by atoms with E-state index in [2.05, 4.69) is 12.2 Å². The summed E-state index contributed by atoms with van der Waals surface area (Å²) in [5.74, 6) is 0.531. The van der Waals surface area contributed by atoms with E-state index in [1.807, 2.05) is 0 Å². The number of hydrogen-bond acceptors (Lipinski definition) is 3. The van der Waals surface area contributed by atoms with Gasteiger partial charge in [-0.15, -0.1) is 0 Å². The Hall–Kier alpha value is -0.120. The molecule has 3 heteroatoms. The predicted octanol–water partition coefficient (Wildman–Crippen LogP) is 2.45. The molecule has 3 rings (SSSR count). The summed E-state index contributed by atoms with van der Waals surface area (Å²) in [4.78, 5) is 0. The number of nitrogens with one attached hydrogen (secondary N) is 1. The molecule has 3 fully saturated rings. The largest absolute Gasteiger partial charge is 0.347 e. The fourth-order valence-corrected chi connectivity index (χ4v) is 3.67. The Bertz CT molecular complexity index is 265. The molecular weight excluding hydrogens is 214 g/mol. The van der Waals surface area contributed by atoms with Crippen LogP contribution in [0.5, 0.6) is 0 Å². The van der Waals surface area contributed by atoms with Gasteiger partial charge in [0.25, 0.3) is 0 Å². The van der Waals surface area contributed by atoms with Gasteiger partial charge in [0.2, 0.25) is 0 Å². The number of piperidine rings is 1. The molecule has 1 aliphatic carbocycles. The molecule has 2 aliphatic heterocycles. The molecule has 2 saturated heterocycles. The lowest BCUT2D eigenvalue weighted by Crippen LogP contribution is -2.45. The average Bonchev–Trinajstić information content (AvgIpc) is 2.74. The van der Waals surface area contributed by atoms with Crippen molar-refractivity contribution in [3.63, 3.8) is 0 Å². The normalized spacial score (nSPS) is 47.5. The standard InChI is InChI=1S/C14H25NO2/c1-11-5-4-7-14(9-11)16-10-13(17-14)12-6-2-3-8-15-12/h11-13,15H,2-10H2,1H3. The molecule has 0 aromatic heterocycles. The summed E-state index contributed by atoms with van der Waals surface area (Å²) < 4.78 is 12.4. The van der Waals surface area contributed by atoms with Gasteiger partial charge in [0.1, 0.15) is 0 Å². The van der Waals surface area contributed by atoms with Gasteiger partial charge in [0.15, 0.2) is 5.79 Å². The van der Waals surface area contributed by atoms with Crippen molar-refractivity contribution in [2.45, 2.75) is 69.8 Å². The fraction of sp³-hybridized carbons (Fsp3) is 1.00. The van der Waals surface area contributed by atoms with Crippen LogP contribution in [0.4, 0.5) is 0 Å². The highest BCUT2D eigenvalue weighted by Crippen LogP contribution is 2.41. The second-order valence-electron chi connectivity index (χ2n) is 6.14. The molecule has 1 N–H and O–H groups in total. The van der Waals surface area contributed by atoms with Gasteiger partial charge in [0.05, 0.1) is 12.7 Å². The SMILES string of the molecule is CC1CCCC2(C1)OCC(C1CCCCN1)O2. The molecule has 1 spiro atoms. The van der Waals surface area contributed by atoms with Crippen LogP contribution in [-0.4, -0.2) is 31.1 Å². The van der Waals surface area contributed by atoms with E-state index in [-0.39, 0.29) is 5.79 Å². The second-order valence-corrected chi connectivity index (χ2v) is 6.14. The van der Waals surface area contributed by atoms with Crippen LogP contribution in [0.3, 0.4) is 0 Å². The van der Waals surface area contributed by atoms with Gasteiger partial charge in [-0.3, -0.25) is 0 Å². The van der Waals surface area contributed by atoms with Crippen LogP contribution in [0.2, 0.25) is 0 Å². The number of rotatable bonds is 1. The van der Waals surface area contributed by atoms with Crippen LogP contribution in [0.15, 0.2) is 0 Å². The highest BCUT2D eigenvalue weighted by Gasteiger charge is 2.46. The van der Waals surface area contributed by atoms with Crippen molar-refractivity contribution in [1.82, 2.24) is 5.32 Å². The van der Waals surface area contributed by atoms with E-state index in [9.17, 15) is 0 Å². The first-order valence-electron chi connectivity index (χ1n) is 7.33. The summed E-state index contributed by atoms with van der Waals surface area (Å²) in [5, 5.41) is 3.59. The molecule has 2 heterocycles. The third-order valence-electron chi connectivity index (χ3n) is 4.59. The maximum absolute atomic E-state index is 6.32. The van der Waals surface area contributed by atoms with Gasteiger partial charge in [0, 0.05) is 18.9 Å². The Morgan fingerprint density at radius 3 is 2.88 bits per heavy atom. The molecule has 17 heavy (non-hydrogen) atoms. The van der Waals surface area contributed by atoms with E-state index in [4.69, 9.17) is 9.47 Å². The molecule has 0 bridgehead atoms. The number of ether oxygens (including phenoxy) is 2. The average molecular weight is 239 g/mol. The first kappa shape index (κ1) is 11.9. The van der Waals surface area contributed by atoms with E-state index >= 15 is 0 Å². The van der Waals surface area contributed by atoms with Gasteiger partial charge >= 0.3 is 0 Å². The lowest BCUT2D eigenvalue weighted by molar-refractivity contribution is -0.198. The number of hydrogen-bond donors (Lipinski definition) is 1. The minimum absolute atomic E-state index is 0.221. The van der Waals surface area contributed by atoms with Crippen LogP contribution >= 0.6 is 0 Å². The summed E-state index contributed by atoms with van der Waals surface area (Å²) in [5.41, 5.74) is 0. The summed E-state index contributed by atoms with van der Waals surface area (Å²) in [6.45, 7) is 4.26. The van der Waals surface area contributed by atoms with E-state index in [0.29, 0.717) is 12.1 Å². The van der Waals surface area contributed by atoms with Crippen LogP contribution in [0, 0.1) is 5.92 Å². The summed E-state index contributed by atoms with van der Waals surface area (Å²) in [7, 11) is 0. The molecule has 1 saturated carbocycles. The highest BCUT2D eigenvalue weighted by molar-refractivity contribution is 4.90. The molecule has 0 aromatic carbocycles. The van der Waals surface area contributed by atoms with E-state index in [1.165, 1.54) is 32.1 Å². The molecule has 3 aliphatic rings. The van der Waals surface area contributed by atoms with Crippen LogP contribution in [0.25, 0.3) is 0 Å². The molecular formula is C14H25NO2. The summed E-state index contributed by atoms with van der Waals surface area (Å²) >= 11 is 0. The quantitative estimate of drug-likeness (QED) is 0.762. The van der Waals surface area contributed by atoms with Crippen molar-refractivity contribution < 1.29 is 9.47 Å². The van der Waals surface area contributed by atoms with Crippen molar-refractivity contribution in [2.24, 2.45) is 5.92 Å². The smallest absolute Gasteiger partial charge is 0.169 e. The zero-order valence-corrected chi connectivity index (χ0v) is 10.9. The molecule has 0 radical (unpaired) electrons. The fourth-order valence-electron chi connectivity index (χ4n) is 3.67. The maximum Gasteiger partial charge on any atom is 0.169 e. The van der Waals surface area contributed by atoms with E-state index in [1.54, 1.807) is 0 Å². The van der Waals surface area contributed by atoms with Gasteiger partial charge in [-0.05, 0) is 31.7 Å². The molecule has 0 amide bonds. The molecule has 4 atom stereocenters. The molecule has 98 valence electrons. The zero-order chi connectivity index (χ0) is 11.7. The minimum atomic E-state index is -0.221. The lowest BCUT2D eigenvalue weighted by Gasteiger charge is -2.36. The van der Waals surface area contributed by atoms with Gasteiger partial charge < -0.3 is 14.8 Å². The summed E-state index contributed by atoms with van der Waals surface area (Å²) in [6, 6.07) is 0.528. The maximum atomic E-state index is 6.32. The van der Waals surface area contributed by atoms with Crippen molar-refractivity contribution in [2.75, 3.05) is 13.2 Å². The highest BCUT2D eigenvalue weighted by atomic mass is 16.7. The lowest BCUT2D eigenvalue weighted by atomic mass is 9.86. The van der Waals surface area contributed by atoms with Crippen LogP contribution in [-0.2, 0) is 9.47 Å². The Morgan fingerprint density at radius 1 is 1.18 bits per heavy atom. The van der Waals surface area contributed by atoms with Crippen LogP contribution in [0.1, 0.15) is 51.9 Å². The monoisotopic (exact) mass is 239 g/mol. The third kappa shape index (κ3) is 2.51. The van der Waals surface area contributed by atoms with Crippen LogP contribution < -0.4 is 5.32 Å². The predicted molar refractivity (Wildman–Crippen MR) is 66.8 cm³/mol. The Morgan fingerprint density at radius 2 is 2.12 bits per heavy atom. The first-order valence-corrected chi connectivity index (χ1v) is 7.33. The molecule has 4 unspecified atom stereocenters.